The summed E-state index contributed by atoms with van der Waals surface area (Å²) < 4.78 is 22.4. The van der Waals surface area contributed by atoms with Crippen molar-refractivity contribution in [2.24, 2.45) is 16.7 Å². The number of hydrogen-bond acceptors (Lipinski definition) is 8. The highest BCUT2D eigenvalue weighted by atomic mass is 16.7. The van der Waals surface area contributed by atoms with Crippen LogP contribution >= 0.6 is 0 Å². The highest BCUT2D eigenvalue weighted by Crippen LogP contribution is 2.67. The predicted octanol–water partition coefficient (Wildman–Crippen LogP) is 2.68. The lowest BCUT2D eigenvalue weighted by atomic mass is 9.54. The van der Waals surface area contributed by atoms with E-state index in [1.165, 1.54) is 14.2 Å². The van der Waals surface area contributed by atoms with Gasteiger partial charge < -0.3 is 18.9 Å². The van der Waals surface area contributed by atoms with Crippen molar-refractivity contribution in [1.29, 1.82) is 21.2 Å². The molecule has 0 amide bonds. The second-order valence-electron chi connectivity index (χ2n) is 6.70. The Morgan fingerprint density at radius 2 is 1.78 bits per heavy atom. The molecular weight excluding hydrogens is 348 g/mol. The van der Waals surface area contributed by atoms with Crippen molar-refractivity contribution < 1.29 is 18.9 Å². The first-order valence-electron chi connectivity index (χ1n) is 8.22. The van der Waals surface area contributed by atoms with Crippen LogP contribution in [0, 0.1) is 56.2 Å². The van der Waals surface area contributed by atoms with Crippen molar-refractivity contribution in [2.75, 3.05) is 14.2 Å². The Balaban J connectivity index is 2.37. The molecule has 2 fully saturated rings. The van der Waals surface area contributed by atoms with Gasteiger partial charge in [0.2, 0.25) is 17.1 Å². The molecule has 8 nitrogen and oxygen atoms in total. The molecule has 0 saturated carbocycles. The zero-order valence-corrected chi connectivity index (χ0v) is 15.4. The summed E-state index contributed by atoms with van der Waals surface area (Å²) in [5.41, 5.74) is -3.44. The lowest BCUT2D eigenvalue weighted by Crippen LogP contribution is -2.57. The number of nitrogens with one attached hydrogen (secondary N) is 1. The molecule has 138 valence electrons. The molecule has 0 radical (unpaired) electrons. The smallest absolute Gasteiger partial charge is 0.214 e. The van der Waals surface area contributed by atoms with Gasteiger partial charge in [-0.05, 0) is 6.07 Å². The van der Waals surface area contributed by atoms with E-state index in [1.54, 1.807) is 32.0 Å². The summed E-state index contributed by atoms with van der Waals surface area (Å²) in [6, 6.07) is 11.0. The molecule has 2 aliphatic rings. The molecule has 2 saturated heterocycles. The molecular formula is C19H18N4O4. The first-order valence-corrected chi connectivity index (χ1v) is 8.22. The van der Waals surface area contributed by atoms with Crippen LogP contribution in [0.3, 0.4) is 0 Å². The van der Waals surface area contributed by atoms with Gasteiger partial charge in [-0.2, -0.15) is 15.8 Å². The highest BCUT2D eigenvalue weighted by molar-refractivity contribution is 5.89. The Bertz CT molecular complexity index is 926. The van der Waals surface area contributed by atoms with Gasteiger partial charge in [0.25, 0.3) is 0 Å². The van der Waals surface area contributed by atoms with E-state index in [4.69, 9.17) is 24.4 Å². The maximum Gasteiger partial charge on any atom is 0.214 e. The van der Waals surface area contributed by atoms with E-state index in [9.17, 15) is 15.8 Å². The van der Waals surface area contributed by atoms with Crippen LogP contribution in [0.2, 0.25) is 0 Å². The third-order valence-electron chi connectivity index (χ3n) is 5.71. The van der Waals surface area contributed by atoms with Crippen LogP contribution in [0.4, 0.5) is 0 Å². The van der Waals surface area contributed by atoms with Crippen LogP contribution in [0.15, 0.2) is 18.2 Å². The van der Waals surface area contributed by atoms with Crippen LogP contribution in [0.5, 0.6) is 11.5 Å². The Labute approximate surface area is 156 Å². The molecule has 0 aliphatic carbocycles. The third-order valence-corrected chi connectivity index (χ3v) is 5.71. The molecule has 0 aromatic heterocycles. The molecule has 2 aliphatic heterocycles. The van der Waals surface area contributed by atoms with Gasteiger partial charge in [0.1, 0.15) is 6.10 Å². The number of para-hydroxylation sites is 1. The number of rotatable bonds is 3. The van der Waals surface area contributed by atoms with Gasteiger partial charge in [-0.3, -0.25) is 5.41 Å². The van der Waals surface area contributed by atoms with Gasteiger partial charge >= 0.3 is 0 Å². The zero-order chi connectivity index (χ0) is 20.0. The van der Waals surface area contributed by atoms with Crippen molar-refractivity contribution in [3.8, 4) is 29.7 Å². The SMILES string of the molecule is COc1cccc([C@H]2O[C@@]3(C)OC(=N)[C@@](C#N)([C@H]3C)C2(C#N)C#N)c1OC. The van der Waals surface area contributed by atoms with Gasteiger partial charge in [0, 0.05) is 12.5 Å². The number of methoxy groups -OCH3 is 2. The fourth-order valence-electron chi connectivity index (χ4n) is 4.11. The van der Waals surface area contributed by atoms with E-state index < -0.39 is 34.5 Å². The van der Waals surface area contributed by atoms with Crippen molar-refractivity contribution in [2.45, 2.75) is 25.7 Å². The largest absolute Gasteiger partial charge is 0.493 e. The van der Waals surface area contributed by atoms with Crippen LogP contribution in [-0.4, -0.2) is 25.9 Å². The van der Waals surface area contributed by atoms with E-state index in [-0.39, 0.29) is 5.75 Å². The molecule has 1 N–H and O–H groups in total. The summed E-state index contributed by atoms with van der Waals surface area (Å²) in [6.07, 6.45) is -1.19. The second-order valence-corrected chi connectivity index (χ2v) is 6.70. The number of fused-ring (bicyclic) bond motifs is 2. The standard InChI is InChI=1S/C19H18N4O4/c1-11-17(2)26-15(12-6-5-7-13(24-3)14(12)25-4)18(8-20,9-21)19(11,10-22)16(23)27-17/h5-7,11,15,23H,1-4H3/t11-,15+,17-,19+/m0/s1. The van der Waals surface area contributed by atoms with Crippen LogP contribution < -0.4 is 9.47 Å². The van der Waals surface area contributed by atoms with E-state index in [0.29, 0.717) is 11.3 Å². The van der Waals surface area contributed by atoms with Gasteiger partial charge in [-0.1, -0.05) is 19.1 Å². The monoisotopic (exact) mass is 366 g/mol. The van der Waals surface area contributed by atoms with Crippen molar-refractivity contribution in [3.05, 3.63) is 23.8 Å². The second kappa shape index (κ2) is 5.87. The lowest BCUT2D eigenvalue weighted by Gasteiger charge is -2.47. The van der Waals surface area contributed by atoms with Gasteiger partial charge in [-0.25, -0.2) is 0 Å². The normalized spacial score (nSPS) is 33.1. The fraction of sp³-hybridized carbons (Fsp3) is 0.474. The molecule has 2 heterocycles. The minimum Gasteiger partial charge on any atom is -0.493 e. The summed E-state index contributed by atoms with van der Waals surface area (Å²) in [7, 11) is 2.90. The first kappa shape index (κ1) is 18.5. The van der Waals surface area contributed by atoms with Crippen molar-refractivity contribution in [1.82, 2.24) is 0 Å². The average molecular weight is 366 g/mol. The Hall–Kier alpha value is -3.28. The van der Waals surface area contributed by atoms with E-state index >= 15 is 0 Å². The van der Waals surface area contributed by atoms with Gasteiger partial charge in [0.15, 0.2) is 16.9 Å². The minimum absolute atomic E-state index is 0.289. The number of ether oxygens (including phenoxy) is 4. The number of hydrogen-bond donors (Lipinski definition) is 1. The van der Waals surface area contributed by atoms with Gasteiger partial charge in [0.05, 0.1) is 38.3 Å². The summed E-state index contributed by atoms with van der Waals surface area (Å²) in [5.74, 6) is -1.82. The summed E-state index contributed by atoms with van der Waals surface area (Å²) in [6.45, 7) is 3.25. The molecule has 0 spiro atoms. The molecule has 8 heteroatoms. The molecule has 0 unspecified atom stereocenters. The molecule has 1 aromatic carbocycles. The Kier molecular flexibility index (Phi) is 4.03. The van der Waals surface area contributed by atoms with Crippen LogP contribution in [0.25, 0.3) is 0 Å². The zero-order valence-electron chi connectivity index (χ0n) is 15.4. The van der Waals surface area contributed by atoms with Crippen LogP contribution in [-0.2, 0) is 9.47 Å². The number of nitriles is 3. The highest BCUT2D eigenvalue weighted by Gasteiger charge is 2.78. The molecule has 3 rings (SSSR count). The number of nitrogens with zero attached hydrogens (tertiary/aromatic N) is 3. The molecule has 1 aromatic rings. The summed E-state index contributed by atoms with van der Waals surface area (Å²) in [4.78, 5) is 0. The first-order chi connectivity index (χ1) is 12.8. The van der Waals surface area contributed by atoms with E-state index in [1.807, 2.05) is 18.2 Å². The van der Waals surface area contributed by atoms with Gasteiger partial charge in [-0.15, -0.1) is 0 Å². The Morgan fingerprint density at radius 1 is 1.11 bits per heavy atom. The molecule has 4 atom stereocenters. The predicted molar refractivity (Wildman–Crippen MR) is 91.5 cm³/mol. The fourth-order valence-corrected chi connectivity index (χ4v) is 4.11. The van der Waals surface area contributed by atoms with Crippen molar-refractivity contribution in [3.63, 3.8) is 0 Å². The maximum absolute atomic E-state index is 10.1. The lowest BCUT2D eigenvalue weighted by molar-refractivity contribution is -0.269. The van der Waals surface area contributed by atoms with E-state index in [0.717, 1.165) is 0 Å². The molecule has 2 bridgehead atoms. The number of benzene rings is 1. The summed E-state index contributed by atoms with van der Waals surface area (Å²) >= 11 is 0. The third kappa shape index (κ3) is 1.95. The summed E-state index contributed by atoms with van der Waals surface area (Å²) in [5, 5.41) is 38.5. The maximum atomic E-state index is 10.1. The molecule has 27 heavy (non-hydrogen) atoms. The van der Waals surface area contributed by atoms with E-state index in [2.05, 4.69) is 0 Å². The topological polar surface area (TPSA) is 132 Å². The minimum atomic E-state index is -2.02. The van der Waals surface area contributed by atoms with Crippen molar-refractivity contribution >= 4 is 5.90 Å². The average Bonchev–Trinajstić information content (AvgIpc) is 2.82. The quantitative estimate of drug-likeness (QED) is 0.869. The Morgan fingerprint density at radius 3 is 2.30 bits per heavy atom. The van der Waals surface area contributed by atoms with Crippen LogP contribution in [0.1, 0.15) is 25.5 Å².